The summed E-state index contributed by atoms with van der Waals surface area (Å²) in [6.07, 6.45) is -0.832. The Morgan fingerprint density at radius 2 is 1.06 bits per heavy atom. The summed E-state index contributed by atoms with van der Waals surface area (Å²) in [5, 5.41) is 38.6. The highest BCUT2D eigenvalue weighted by Gasteiger charge is 2.35. The number of hydrogen-bond acceptors (Lipinski definition) is 10. The maximum absolute atomic E-state index is 11.4. The SMILES string of the molecule is CC1(C)OCC(O)C(N2CCN(CC(=O)O)CCN(CC(=O)O)CCN(CC(=O)O)CC2)CO1. The van der Waals surface area contributed by atoms with Crippen molar-refractivity contribution in [2.45, 2.75) is 31.8 Å². The van der Waals surface area contributed by atoms with Crippen molar-refractivity contribution in [1.29, 1.82) is 0 Å². The van der Waals surface area contributed by atoms with Crippen molar-refractivity contribution in [1.82, 2.24) is 19.6 Å². The van der Waals surface area contributed by atoms with Crippen LogP contribution in [0.15, 0.2) is 0 Å². The maximum atomic E-state index is 11.4. The van der Waals surface area contributed by atoms with Gasteiger partial charge in [0, 0.05) is 52.4 Å². The molecule has 0 saturated carbocycles. The number of carbonyl (C=O) groups is 3. The van der Waals surface area contributed by atoms with E-state index in [1.807, 2.05) is 4.90 Å². The van der Waals surface area contributed by atoms with E-state index in [2.05, 4.69) is 0 Å². The van der Waals surface area contributed by atoms with Crippen molar-refractivity contribution in [2.24, 2.45) is 0 Å². The van der Waals surface area contributed by atoms with Crippen molar-refractivity contribution in [2.75, 3.05) is 85.2 Å². The Morgan fingerprint density at radius 3 is 1.44 bits per heavy atom. The smallest absolute Gasteiger partial charge is 0.317 e. The number of aliphatic hydroxyl groups is 1. The second-order valence-corrected chi connectivity index (χ2v) is 9.20. The lowest BCUT2D eigenvalue weighted by Gasteiger charge is -2.37. The van der Waals surface area contributed by atoms with E-state index in [0.717, 1.165) is 0 Å². The molecule has 0 aromatic carbocycles. The lowest BCUT2D eigenvalue weighted by atomic mass is 10.1. The predicted octanol–water partition coefficient (Wildman–Crippen LogP) is -2.03. The van der Waals surface area contributed by atoms with Crippen LogP contribution in [0.1, 0.15) is 13.8 Å². The largest absolute Gasteiger partial charge is 0.480 e. The van der Waals surface area contributed by atoms with Crippen LogP contribution in [-0.4, -0.2) is 161 Å². The van der Waals surface area contributed by atoms with Gasteiger partial charge in [0.1, 0.15) is 0 Å². The summed E-state index contributed by atoms with van der Waals surface area (Å²) in [7, 11) is 0. The molecule has 34 heavy (non-hydrogen) atoms. The molecule has 0 bridgehead atoms. The van der Waals surface area contributed by atoms with Gasteiger partial charge >= 0.3 is 17.9 Å². The van der Waals surface area contributed by atoms with E-state index in [9.17, 15) is 34.8 Å². The third kappa shape index (κ3) is 10.2. The second-order valence-electron chi connectivity index (χ2n) is 9.20. The molecule has 2 unspecified atom stereocenters. The number of ether oxygens (including phenoxy) is 2. The summed E-state index contributed by atoms with van der Waals surface area (Å²) in [6, 6.07) is -0.411. The minimum Gasteiger partial charge on any atom is -0.480 e. The number of carboxylic acid groups (broad SMARTS) is 3. The zero-order chi connectivity index (χ0) is 25.3. The standard InChI is InChI=1S/C21H38N4O9/c1-21(2)33-14-16(17(26)15-34-21)25-9-7-23(12-19(29)30)5-3-22(11-18(27)28)4-6-24(8-10-25)13-20(31)32/h16-17,26H,3-15H2,1-2H3,(H,27,28)(H,29,30)(H,31,32). The van der Waals surface area contributed by atoms with Crippen LogP contribution in [0.4, 0.5) is 0 Å². The van der Waals surface area contributed by atoms with Gasteiger partial charge in [0.05, 0.1) is 45.0 Å². The van der Waals surface area contributed by atoms with Gasteiger partial charge in [-0.05, 0) is 13.8 Å². The number of aliphatic hydroxyl groups excluding tert-OH is 1. The Morgan fingerprint density at radius 1 is 0.706 bits per heavy atom. The fraction of sp³-hybridized carbons (Fsp3) is 0.857. The molecule has 13 heteroatoms. The Labute approximate surface area is 199 Å². The van der Waals surface area contributed by atoms with E-state index in [-0.39, 0.29) is 32.8 Å². The molecule has 2 fully saturated rings. The first-order valence-electron chi connectivity index (χ1n) is 11.5. The normalized spacial score (nSPS) is 27.3. The van der Waals surface area contributed by atoms with Gasteiger partial charge < -0.3 is 29.9 Å². The van der Waals surface area contributed by atoms with Gasteiger partial charge in [-0.25, -0.2) is 0 Å². The first-order chi connectivity index (χ1) is 15.9. The number of nitrogens with zero attached hydrogens (tertiary/aromatic N) is 4. The average molecular weight is 491 g/mol. The maximum Gasteiger partial charge on any atom is 0.317 e. The molecular weight excluding hydrogens is 452 g/mol. The number of hydrogen-bond donors (Lipinski definition) is 4. The molecule has 13 nitrogen and oxygen atoms in total. The van der Waals surface area contributed by atoms with Crippen LogP contribution in [0.2, 0.25) is 0 Å². The van der Waals surface area contributed by atoms with E-state index in [1.165, 1.54) is 0 Å². The van der Waals surface area contributed by atoms with Crippen LogP contribution in [-0.2, 0) is 23.9 Å². The minimum atomic E-state index is -1.000. The molecule has 0 radical (unpaired) electrons. The van der Waals surface area contributed by atoms with Crippen LogP contribution in [0.5, 0.6) is 0 Å². The minimum absolute atomic E-state index is 0.0794. The molecule has 0 aliphatic carbocycles. The number of aliphatic carboxylic acids is 3. The van der Waals surface area contributed by atoms with E-state index in [1.54, 1.807) is 28.5 Å². The van der Waals surface area contributed by atoms with Gasteiger partial charge in [0.15, 0.2) is 5.79 Å². The van der Waals surface area contributed by atoms with E-state index in [4.69, 9.17) is 9.47 Å². The van der Waals surface area contributed by atoms with Crippen LogP contribution in [0.25, 0.3) is 0 Å². The van der Waals surface area contributed by atoms with Crippen LogP contribution < -0.4 is 0 Å². The molecule has 2 saturated heterocycles. The highest BCUT2D eigenvalue weighted by Crippen LogP contribution is 2.20. The molecule has 2 atom stereocenters. The van der Waals surface area contributed by atoms with Gasteiger partial charge in [0.2, 0.25) is 0 Å². The highest BCUT2D eigenvalue weighted by molar-refractivity contribution is 5.69. The fourth-order valence-corrected chi connectivity index (χ4v) is 4.12. The highest BCUT2D eigenvalue weighted by atomic mass is 16.7. The van der Waals surface area contributed by atoms with Gasteiger partial charge in [-0.15, -0.1) is 0 Å². The number of rotatable bonds is 7. The Hall–Kier alpha value is -1.87. The monoisotopic (exact) mass is 490 g/mol. The Kier molecular flexibility index (Phi) is 11.1. The number of carboxylic acids is 3. The molecule has 0 amide bonds. The van der Waals surface area contributed by atoms with Crippen molar-refractivity contribution >= 4 is 17.9 Å². The molecule has 2 aliphatic heterocycles. The third-order valence-electron chi connectivity index (χ3n) is 6.06. The van der Waals surface area contributed by atoms with E-state index in [0.29, 0.717) is 52.4 Å². The molecule has 0 spiro atoms. The Balaban J connectivity index is 2.21. The first-order valence-corrected chi connectivity index (χ1v) is 11.5. The summed E-state index contributed by atoms with van der Waals surface area (Å²) >= 11 is 0. The van der Waals surface area contributed by atoms with Gasteiger partial charge in [-0.3, -0.25) is 34.0 Å². The summed E-state index contributed by atoms with van der Waals surface area (Å²) in [5.41, 5.74) is 0. The molecule has 196 valence electrons. The molecule has 0 aromatic rings. The van der Waals surface area contributed by atoms with Crippen LogP contribution >= 0.6 is 0 Å². The molecular formula is C21H38N4O9. The predicted molar refractivity (Wildman–Crippen MR) is 120 cm³/mol. The van der Waals surface area contributed by atoms with Crippen molar-refractivity contribution in [3.63, 3.8) is 0 Å². The van der Waals surface area contributed by atoms with Crippen molar-refractivity contribution < 1.29 is 44.3 Å². The van der Waals surface area contributed by atoms with Gasteiger partial charge in [0.25, 0.3) is 0 Å². The lowest BCUT2D eigenvalue weighted by molar-refractivity contribution is -0.204. The van der Waals surface area contributed by atoms with Crippen LogP contribution in [0, 0.1) is 0 Å². The lowest BCUT2D eigenvalue weighted by Crippen LogP contribution is -2.54. The second kappa shape index (κ2) is 13.3. The molecule has 4 N–H and O–H groups in total. The fourth-order valence-electron chi connectivity index (χ4n) is 4.12. The van der Waals surface area contributed by atoms with E-state index >= 15 is 0 Å². The zero-order valence-electron chi connectivity index (χ0n) is 20.0. The van der Waals surface area contributed by atoms with Gasteiger partial charge in [-0.1, -0.05) is 0 Å². The summed E-state index contributed by atoms with van der Waals surface area (Å²) in [6.45, 7) is 6.14. The average Bonchev–Trinajstić information content (AvgIpc) is 2.85. The quantitative estimate of drug-likeness (QED) is 0.309. The zero-order valence-corrected chi connectivity index (χ0v) is 20.0. The van der Waals surface area contributed by atoms with Crippen molar-refractivity contribution in [3.8, 4) is 0 Å². The molecule has 2 aliphatic rings. The molecule has 2 rings (SSSR count). The molecule has 2 heterocycles. The Bertz CT molecular complexity index is 661. The van der Waals surface area contributed by atoms with E-state index < -0.39 is 35.8 Å². The molecule has 0 aromatic heterocycles. The summed E-state index contributed by atoms with van der Waals surface area (Å²) < 4.78 is 11.5. The first kappa shape index (κ1) is 28.4. The van der Waals surface area contributed by atoms with Crippen molar-refractivity contribution in [3.05, 3.63) is 0 Å². The summed E-state index contributed by atoms with van der Waals surface area (Å²) in [4.78, 5) is 41.2. The third-order valence-corrected chi connectivity index (χ3v) is 6.06. The topological polar surface area (TPSA) is 164 Å². The van der Waals surface area contributed by atoms with Gasteiger partial charge in [-0.2, -0.15) is 0 Å². The van der Waals surface area contributed by atoms with Crippen LogP contribution in [0.3, 0.4) is 0 Å². The summed E-state index contributed by atoms with van der Waals surface area (Å²) in [5.74, 6) is -3.81.